The zero-order valence-electron chi connectivity index (χ0n) is 15.8. The van der Waals surface area contributed by atoms with Gasteiger partial charge in [0.15, 0.2) is 0 Å². The summed E-state index contributed by atoms with van der Waals surface area (Å²) in [6.45, 7) is 2.41. The van der Waals surface area contributed by atoms with E-state index in [0.29, 0.717) is 0 Å². The van der Waals surface area contributed by atoms with Crippen LogP contribution in [-0.4, -0.2) is 13.1 Å². The lowest BCUT2D eigenvalue weighted by atomic mass is 9.94. The van der Waals surface area contributed by atoms with Crippen molar-refractivity contribution in [3.8, 4) is 0 Å². The zero-order valence-corrected chi connectivity index (χ0v) is 16.6. The molecule has 1 fully saturated rings. The summed E-state index contributed by atoms with van der Waals surface area (Å²) in [6, 6.07) is 17.8. The zero-order chi connectivity index (χ0) is 18.2. The summed E-state index contributed by atoms with van der Waals surface area (Å²) in [5.41, 5.74) is 6.93. The van der Waals surface area contributed by atoms with E-state index >= 15 is 0 Å². The van der Waals surface area contributed by atoms with Gasteiger partial charge in [0.1, 0.15) is 11.7 Å². The molecule has 1 aliphatic carbocycles. The Bertz CT molecular complexity index is 1040. The minimum atomic E-state index is 1.17. The Morgan fingerprint density at radius 2 is 1.78 bits per heavy atom. The van der Waals surface area contributed by atoms with Crippen LogP contribution in [0.15, 0.2) is 60.2 Å². The van der Waals surface area contributed by atoms with E-state index < -0.39 is 0 Å². The van der Waals surface area contributed by atoms with Crippen LogP contribution < -0.4 is 9.47 Å². The van der Waals surface area contributed by atoms with E-state index in [1.54, 1.807) is 0 Å². The summed E-state index contributed by atoms with van der Waals surface area (Å²) in [7, 11) is 2.20. The number of aromatic nitrogens is 1. The maximum Gasteiger partial charge on any atom is 0.265 e. The number of hydrogen-bond acceptors (Lipinski definition) is 2. The van der Waals surface area contributed by atoms with Gasteiger partial charge in [-0.1, -0.05) is 41.7 Å². The predicted octanol–water partition coefficient (Wildman–Crippen LogP) is 5.59. The van der Waals surface area contributed by atoms with E-state index in [2.05, 4.69) is 77.2 Å². The van der Waals surface area contributed by atoms with E-state index in [9.17, 15) is 0 Å². The molecule has 0 saturated carbocycles. The van der Waals surface area contributed by atoms with Crippen molar-refractivity contribution in [1.29, 1.82) is 0 Å². The highest BCUT2D eigenvalue weighted by Gasteiger charge is 2.22. The second kappa shape index (κ2) is 6.97. The molecular formula is C24H25N2S+. The van der Waals surface area contributed by atoms with E-state index in [-0.39, 0.29) is 0 Å². The normalized spacial score (nSPS) is 18.6. The number of nitrogens with zero attached hydrogens (tertiary/aromatic N) is 2. The van der Waals surface area contributed by atoms with Gasteiger partial charge < -0.3 is 4.90 Å². The van der Waals surface area contributed by atoms with Gasteiger partial charge in [0.25, 0.3) is 5.01 Å². The van der Waals surface area contributed by atoms with Crippen molar-refractivity contribution >= 4 is 38.9 Å². The van der Waals surface area contributed by atoms with Crippen LogP contribution in [0.5, 0.6) is 0 Å². The molecule has 0 spiro atoms. The molecular weight excluding hydrogens is 348 g/mol. The topological polar surface area (TPSA) is 7.12 Å². The van der Waals surface area contributed by atoms with Crippen LogP contribution in [0.1, 0.15) is 36.3 Å². The first-order valence-corrected chi connectivity index (χ1v) is 10.7. The van der Waals surface area contributed by atoms with Crippen LogP contribution >= 0.6 is 11.3 Å². The number of anilines is 1. The highest BCUT2D eigenvalue weighted by molar-refractivity contribution is 7.19. The lowest BCUT2D eigenvalue weighted by molar-refractivity contribution is -0.642. The number of rotatable bonds is 3. The van der Waals surface area contributed by atoms with Gasteiger partial charge in [0.05, 0.1) is 0 Å². The number of fused-ring (bicyclic) bond motifs is 1. The predicted molar refractivity (Wildman–Crippen MR) is 116 cm³/mol. The first-order valence-electron chi connectivity index (χ1n) is 9.92. The Kier molecular flexibility index (Phi) is 4.33. The number of allylic oxidation sites excluding steroid dienone is 3. The van der Waals surface area contributed by atoms with E-state index in [0.717, 1.165) is 0 Å². The van der Waals surface area contributed by atoms with Crippen LogP contribution in [0.3, 0.4) is 0 Å². The van der Waals surface area contributed by atoms with Crippen molar-refractivity contribution < 1.29 is 4.57 Å². The van der Waals surface area contributed by atoms with Gasteiger partial charge >= 0.3 is 0 Å². The van der Waals surface area contributed by atoms with Crippen LogP contribution in [-0.2, 0) is 7.05 Å². The third kappa shape index (κ3) is 3.21. The third-order valence-electron chi connectivity index (χ3n) is 5.75. The molecule has 0 unspecified atom stereocenters. The third-order valence-corrected chi connectivity index (χ3v) is 7.04. The van der Waals surface area contributed by atoms with Crippen molar-refractivity contribution in [2.45, 2.75) is 25.7 Å². The molecule has 3 heteroatoms. The van der Waals surface area contributed by atoms with Gasteiger partial charge in [0.2, 0.25) is 5.52 Å². The summed E-state index contributed by atoms with van der Waals surface area (Å²) in [5, 5.41) is 1.40. The van der Waals surface area contributed by atoms with Gasteiger partial charge in [-0.15, -0.1) is 0 Å². The Labute approximate surface area is 165 Å². The molecule has 2 heterocycles. The van der Waals surface area contributed by atoms with Crippen molar-refractivity contribution in [3.05, 3.63) is 70.8 Å². The molecule has 2 nitrogen and oxygen atoms in total. The van der Waals surface area contributed by atoms with Crippen molar-refractivity contribution in [2.75, 3.05) is 18.0 Å². The molecule has 2 aliphatic rings. The molecule has 0 atom stereocenters. The highest BCUT2D eigenvalue weighted by Crippen LogP contribution is 2.34. The standard InChI is InChI=1S/C24H25N2S/c1-25-22-8-2-3-9-23(22)27-24(25)20-7-4-6-19(17-20)16-18-10-12-21(13-11-18)26-14-5-15-26/h2-3,8-13,16-17H,4-7,14-15H2,1H3/q+1. The molecule has 1 aliphatic heterocycles. The molecule has 0 N–H and O–H groups in total. The molecule has 0 amide bonds. The van der Waals surface area contributed by atoms with Gasteiger partial charge in [-0.3, -0.25) is 0 Å². The van der Waals surface area contributed by atoms with E-state index in [1.807, 2.05) is 11.3 Å². The second-order valence-corrected chi connectivity index (χ2v) is 8.64. The van der Waals surface area contributed by atoms with Crippen LogP contribution in [0.2, 0.25) is 0 Å². The maximum absolute atomic E-state index is 2.44. The summed E-state index contributed by atoms with van der Waals surface area (Å²) < 4.78 is 3.73. The summed E-state index contributed by atoms with van der Waals surface area (Å²) in [4.78, 5) is 2.44. The van der Waals surface area contributed by atoms with Crippen molar-refractivity contribution in [2.24, 2.45) is 7.05 Å². The molecule has 2 aromatic carbocycles. The number of hydrogen-bond donors (Lipinski definition) is 0. The molecule has 5 rings (SSSR count). The van der Waals surface area contributed by atoms with Gasteiger partial charge in [-0.05, 0) is 61.1 Å². The second-order valence-electron chi connectivity index (χ2n) is 7.61. The summed E-state index contributed by atoms with van der Waals surface area (Å²) >= 11 is 1.91. The molecule has 136 valence electrons. The number of thiazole rings is 1. The van der Waals surface area contributed by atoms with Crippen molar-refractivity contribution in [1.82, 2.24) is 0 Å². The maximum atomic E-state index is 2.44. The molecule has 1 saturated heterocycles. The SMILES string of the molecule is C[n+]1c(C2=C/C(=C/c3ccc(N4CCC4)cc3)CCC2)sc2ccccc21. The Morgan fingerprint density at radius 3 is 2.52 bits per heavy atom. The molecule has 3 aromatic rings. The monoisotopic (exact) mass is 373 g/mol. The smallest absolute Gasteiger partial charge is 0.265 e. The fraction of sp³-hybridized carbons (Fsp3) is 0.292. The quantitative estimate of drug-likeness (QED) is 0.543. The van der Waals surface area contributed by atoms with Crippen molar-refractivity contribution in [3.63, 3.8) is 0 Å². The summed E-state index contributed by atoms with van der Waals surface area (Å²) in [6.07, 6.45) is 9.70. The molecule has 0 bridgehead atoms. The number of aryl methyl sites for hydroxylation is 1. The van der Waals surface area contributed by atoms with Crippen LogP contribution in [0.4, 0.5) is 5.69 Å². The summed E-state index contributed by atoms with van der Waals surface area (Å²) in [5.74, 6) is 0. The lowest BCUT2D eigenvalue weighted by Gasteiger charge is -2.33. The van der Waals surface area contributed by atoms with Crippen LogP contribution in [0, 0.1) is 0 Å². The molecule has 1 aromatic heterocycles. The van der Waals surface area contributed by atoms with Gasteiger partial charge in [0, 0.05) is 30.4 Å². The Hall–Kier alpha value is -2.39. The van der Waals surface area contributed by atoms with Gasteiger partial charge in [-0.2, -0.15) is 4.57 Å². The number of para-hydroxylation sites is 1. The van der Waals surface area contributed by atoms with Gasteiger partial charge in [-0.25, -0.2) is 0 Å². The lowest BCUT2D eigenvalue weighted by Crippen LogP contribution is -2.36. The average Bonchev–Trinajstić information content (AvgIpc) is 2.99. The fourth-order valence-electron chi connectivity index (χ4n) is 4.09. The largest absolute Gasteiger partial charge is 0.371 e. The Morgan fingerprint density at radius 1 is 0.963 bits per heavy atom. The average molecular weight is 374 g/mol. The fourth-order valence-corrected chi connectivity index (χ4v) is 5.28. The Balaban J connectivity index is 1.44. The minimum Gasteiger partial charge on any atom is -0.371 e. The first-order chi connectivity index (χ1) is 13.3. The molecule has 27 heavy (non-hydrogen) atoms. The molecule has 0 radical (unpaired) electrons. The highest BCUT2D eigenvalue weighted by atomic mass is 32.1. The number of benzene rings is 2. The van der Waals surface area contributed by atoms with Crippen LogP contribution in [0.25, 0.3) is 21.9 Å². The minimum absolute atomic E-state index is 1.17. The van der Waals surface area contributed by atoms with E-state index in [4.69, 9.17) is 0 Å². The first kappa shape index (κ1) is 16.8. The van der Waals surface area contributed by atoms with E-state index in [1.165, 1.54) is 76.4 Å².